The number of hydrogen-bond acceptors (Lipinski definition) is 4. The number of likely N-dealkylation sites (tertiary alicyclic amines) is 1. The number of fused-ring (bicyclic) bond motifs is 1. The van der Waals surface area contributed by atoms with Crippen molar-refractivity contribution >= 4 is 44.7 Å². The van der Waals surface area contributed by atoms with Crippen LogP contribution in [0.25, 0.3) is 10.9 Å². The number of hydrogen-bond donors (Lipinski definition) is 1. The Kier molecular flexibility index (Phi) is 5.81. The second-order valence-corrected chi connectivity index (χ2v) is 22.7. The molecular weight excluding hydrogens is 485 g/mol. The molecule has 1 fully saturated rings. The summed E-state index contributed by atoms with van der Waals surface area (Å²) in [5.41, 5.74) is 1.05. The van der Waals surface area contributed by atoms with Gasteiger partial charge in [-0.2, -0.15) is 0 Å². The van der Waals surface area contributed by atoms with Crippen molar-refractivity contribution in [2.75, 3.05) is 13.1 Å². The molecule has 0 spiro atoms. The van der Waals surface area contributed by atoms with Crippen LogP contribution in [0.1, 0.15) is 16.8 Å². The topological polar surface area (TPSA) is 86.1 Å². The fraction of sp³-hybridized carbons (Fsp3) is 0.400. The molecule has 0 radical (unpaired) electrons. The van der Waals surface area contributed by atoms with E-state index in [0.717, 1.165) is 4.90 Å². The molecular formula is C20H22F2N4O2Sn. The van der Waals surface area contributed by atoms with E-state index in [1.807, 2.05) is 18.2 Å². The molecule has 3 rings (SSSR count). The second kappa shape index (κ2) is 7.86. The predicted molar refractivity (Wildman–Crippen MR) is 108 cm³/mol. The molecule has 0 aliphatic carbocycles. The van der Waals surface area contributed by atoms with Gasteiger partial charge >= 0.3 is 172 Å². The van der Waals surface area contributed by atoms with Crippen molar-refractivity contribution in [1.29, 1.82) is 5.26 Å². The molecule has 152 valence electrons. The summed E-state index contributed by atoms with van der Waals surface area (Å²) in [7, 11) is 0. The van der Waals surface area contributed by atoms with E-state index in [-0.39, 0.29) is 0 Å². The summed E-state index contributed by atoms with van der Waals surface area (Å²) >= 11 is -2.37. The van der Waals surface area contributed by atoms with Gasteiger partial charge in [0.1, 0.15) is 0 Å². The number of halogens is 2. The van der Waals surface area contributed by atoms with Crippen LogP contribution in [-0.2, 0) is 4.79 Å². The first-order valence-electron chi connectivity index (χ1n) is 9.26. The third-order valence-corrected chi connectivity index (χ3v) is 10.8. The Bertz CT molecular complexity index is 1010. The van der Waals surface area contributed by atoms with Crippen LogP contribution in [0.5, 0.6) is 0 Å². The van der Waals surface area contributed by atoms with Crippen LogP contribution in [0.4, 0.5) is 8.78 Å². The Hall–Kier alpha value is -2.28. The zero-order chi connectivity index (χ0) is 21.4. The Morgan fingerprint density at radius 2 is 2.07 bits per heavy atom. The number of benzene rings is 1. The van der Waals surface area contributed by atoms with Crippen LogP contribution in [0.15, 0.2) is 30.5 Å². The van der Waals surface area contributed by atoms with Crippen molar-refractivity contribution in [3.63, 3.8) is 0 Å². The van der Waals surface area contributed by atoms with Crippen molar-refractivity contribution < 1.29 is 18.4 Å². The third kappa shape index (κ3) is 4.66. The van der Waals surface area contributed by atoms with Gasteiger partial charge in [-0.15, -0.1) is 0 Å². The van der Waals surface area contributed by atoms with Gasteiger partial charge in [-0.05, 0) is 0 Å². The number of nitriles is 1. The molecule has 2 amide bonds. The van der Waals surface area contributed by atoms with Crippen LogP contribution < -0.4 is 8.90 Å². The molecule has 1 aromatic heterocycles. The predicted octanol–water partition coefficient (Wildman–Crippen LogP) is 2.27. The van der Waals surface area contributed by atoms with Gasteiger partial charge in [0.05, 0.1) is 0 Å². The standard InChI is InChI=1S/C17H13F2N4O2.3CH3.Sn/c18-17(19)7-11(8-20)23(10-17)15(24)9-22-16(25)13-5-6-21-14-4-2-1-3-12(13)14;;;;/h2-6,11H,7,9-10H2,(H,22,25);3*1H3;. The number of amides is 2. The number of rotatable bonds is 4. The fourth-order valence-electron chi connectivity index (χ4n) is 3.36. The normalized spacial score (nSPS) is 18.5. The molecule has 1 atom stereocenters. The van der Waals surface area contributed by atoms with Crippen molar-refractivity contribution in [2.45, 2.75) is 33.2 Å². The molecule has 9 heteroatoms. The summed E-state index contributed by atoms with van der Waals surface area (Å²) in [5.74, 6) is -4.27. The van der Waals surface area contributed by atoms with Gasteiger partial charge in [-0.3, -0.25) is 0 Å². The number of pyridine rings is 1. The molecule has 1 saturated heterocycles. The van der Waals surface area contributed by atoms with Crippen molar-refractivity contribution in [3.05, 3.63) is 36.0 Å². The Balaban J connectivity index is 1.78. The molecule has 29 heavy (non-hydrogen) atoms. The van der Waals surface area contributed by atoms with Crippen LogP contribution >= 0.6 is 0 Å². The van der Waals surface area contributed by atoms with E-state index in [0.29, 0.717) is 16.5 Å². The first-order chi connectivity index (χ1) is 13.5. The van der Waals surface area contributed by atoms with Gasteiger partial charge in [0, 0.05) is 0 Å². The van der Waals surface area contributed by atoms with E-state index in [4.69, 9.17) is 5.26 Å². The van der Waals surface area contributed by atoms with Crippen LogP contribution in [0.2, 0.25) is 14.8 Å². The Morgan fingerprint density at radius 3 is 2.72 bits per heavy atom. The summed E-state index contributed by atoms with van der Waals surface area (Å²) in [6.45, 7) is -1.25. The van der Waals surface area contributed by atoms with Gasteiger partial charge < -0.3 is 0 Å². The van der Waals surface area contributed by atoms with Crippen molar-refractivity contribution in [3.8, 4) is 6.07 Å². The summed E-state index contributed by atoms with van der Waals surface area (Å²) in [4.78, 5) is 36.9. The number of carbonyl (C=O) groups excluding carboxylic acids is 2. The summed E-state index contributed by atoms with van der Waals surface area (Å²) in [6, 6.07) is 8.04. The van der Waals surface area contributed by atoms with Gasteiger partial charge in [0.25, 0.3) is 0 Å². The first-order valence-corrected chi connectivity index (χ1v) is 19.3. The molecule has 0 bridgehead atoms. The summed E-state index contributed by atoms with van der Waals surface area (Å²) < 4.78 is 28.3. The second-order valence-electron chi connectivity index (χ2n) is 8.25. The van der Waals surface area contributed by atoms with E-state index in [9.17, 15) is 18.4 Å². The number of alkyl halides is 2. The van der Waals surface area contributed by atoms with Crippen LogP contribution in [0, 0.1) is 11.3 Å². The average molecular weight is 507 g/mol. The third-order valence-electron chi connectivity index (χ3n) is 4.99. The number of nitrogens with one attached hydrogen (secondary N) is 1. The van der Waals surface area contributed by atoms with Gasteiger partial charge in [0.2, 0.25) is 0 Å². The molecule has 1 aromatic carbocycles. The zero-order valence-corrected chi connectivity index (χ0v) is 19.4. The van der Waals surface area contributed by atoms with E-state index in [1.165, 1.54) is 9.78 Å². The monoisotopic (exact) mass is 508 g/mol. The van der Waals surface area contributed by atoms with Gasteiger partial charge in [-0.25, -0.2) is 0 Å². The van der Waals surface area contributed by atoms with E-state index in [2.05, 4.69) is 25.1 Å². The molecule has 1 unspecified atom stereocenters. The molecule has 0 saturated carbocycles. The average Bonchev–Trinajstić information content (AvgIpc) is 2.99. The number of carbonyl (C=O) groups is 2. The Morgan fingerprint density at radius 1 is 1.34 bits per heavy atom. The maximum absolute atomic E-state index is 13.5. The van der Waals surface area contributed by atoms with Crippen LogP contribution in [0.3, 0.4) is 0 Å². The fourth-order valence-corrected chi connectivity index (χ4v) is 6.67. The molecule has 1 N–H and O–H groups in total. The van der Waals surface area contributed by atoms with Gasteiger partial charge in [-0.1, -0.05) is 0 Å². The van der Waals surface area contributed by atoms with Crippen molar-refractivity contribution in [1.82, 2.24) is 15.2 Å². The molecule has 1 aliphatic rings. The van der Waals surface area contributed by atoms with Crippen molar-refractivity contribution in [2.24, 2.45) is 0 Å². The Labute approximate surface area is 171 Å². The zero-order valence-electron chi connectivity index (χ0n) is 16.5. The first kappa shape index (κ1) is 21.4. The minimum absolute atomic E-state index is 0.378. The maximum atomic E-state index is 13.5. The molecule has 1 aliphatic heterocycles. The quantitative estimate of drug-likeness (QED) is 0.644. The number of aromatic nitrogens is 1. The molecule has 6 nitrogen and oxygen atoms in total. The van der Waals surface area contributed by atoms with E-state index >= 15 is 0 Å². The van der Waals surface area contributed by atoms with E-state index < -0.39 is 61.7 Å². The molecule has 2 heterocycles. The van der Waals surface area contributed by atoms with Gasteiger partial charge in [0.15, 0.2) is 0 Å². The SMILES string of the molecule is [CH3][Sn]([CH3])([CH3])[c]1ccc2nccc(C(=O)NCC(=O)N3CC(F)(F)CC3C#N)c2c1. The summed E-state index contributed by atoms with van der Waals surface area (Å²) in [5, 5.41) is 12.2. The van der Waals surface area contributed by atoms with E-state index in [1.54, 1.807) is 12.1 Å². The molecule has 2 aromatic rings. The summed E-state index contributed by atoms with van der Waals surface area (Å²) in [6.07, 6.45) is 0.839. The number of nitrogens with zero attached hydrogens (tertiary/aromatic N) is 3. The van der Waals surface area contributed by atoms with Crippen LogP contribution in [-0.4, -0.2) is 65.1 Å². The minimum atomic E-state index is -3.09.